The number of nitrogens with two attached hydrogens (primary N) is 2. The van der Waals surface area contributed by atoms with Gasteiger partial charge < -0.3 is 16.8 Å². The van der Waals surface area contributed by atoms with Gasteiger partial charge in [-0.1, -0.05) is 12.1 Å². The standard InChI is InChI=1S/C17H20FN5O/c18-13-3-1-2-10-11(6-7-21-15(10)13)17(24)23-16(20)12-5-4-9(19)8-14(12)22-23/h1-3,9,11,21H,4-8,19-20H2. The lowest BCUT2D eigenvalue weighted by Gasteiger charge is -2.26. The number of hydrogen-bond acceptors (Lipinski definition) is 5. The molecule has 2 aromatic rings. The van der Waals surface area contributed by atoms with Crippen LogP contribution in [0, 0.1) is 5.82 Å². The first-order valence-corrected chi connectivity index (χ1v) is 8.24. The van der Waals surface area contributed by atoms with Crippen LogP contribution in [0.2, 0.25) is 0 Å². The smallest absolute Gasteiger partial charge is 0.256 e. The molecule has 24 heavy (non-hydrogen) atoms. The van der Waals surface area contributed by atoms with Gasteiger partial charge in [-0.05, 0) is 30.9 Å². The number of nitrogens with one attached hydrogen (secondary N) is 1. The molecule has 0 saturated heterocycles. The van der Waals surface area contributed by atoms with E-state index in [4.69, 9.17) is 11.5 Å². The highest BCUT2D eigenvalue weighted by atomic mass is 19.1. The Bertz CT molecular complexity index is 816. The van der Waals surface area contributed by atoms with Gasteiger partial charge in [-0.25, -0.2) is 4.39 Å². The van der Waals surface area contributed by atoms with E-state index in [0.29, 0.717) is 36.5 Å². The maximum Gasteiger partial charge on any atom is 0.256 e. The number of carbonyl (C=O) groups is 1. The molecule has 0 spiro atoms. The number of rotatable bonds is 1. The molecule has 5 N–H and O–H groups in total. The van der Waals surface area contributed by atoms with Gasteiger partial charge in [0.25, 0.3) is 5.91 Å². The van der Waals surface area contributed by atoms with E-state index in [1.165, 1.54) is 10.7 Å². The largest absolute Gasteiger partial charge is 0.383 e. The van der Waals surface area contributed by atoms with Crippen molar-refractivity contribution < 1.29 is 9.18 Å². The molecule has 4 rings (SSSR count). The minimum atomic E-state index is -0.450. The second-order valence-corrected chi connectivity index (χ2v) is 6.54. The quantitative estimate of drug-likeness (QED) is 0.739. The predicted molar refractivity (Wildman–Crippen MR) is 89.5 cm³/mol. The third-order valence-electron chi connectivity index (χ3n) is 4.99. The third kappa shape index (κ3) is 2.27. The molecule has 0 amide bonds. The summed E-state index contributed by atoms with van der Waals surface area (Å²) >= 11 is 0. The Balaban J connectivity index is 1.73. The number of nitrogen functional groups attached to an aromatic ring is 1. The van der Waals surface area contributed by atoms with E-state index in [9.17, 15) is 9.18 Å². The summed E-state index contributed by atoms with van der Waals surface area (Å²) in [5.41, 5.74) is 15.0. The van der Waals surface area contributed by atoms with Gasteiger partial charge in [-0.2, -0.15) is 9.78 Å². The first-order chi connectivity index (χ1) is 11.6. The summed E-state index contributed by atoms with van der Waals surface area (Å²) in [7, 11) is 0. The number of aromatic nitrogens is 2. The molecular weight excluding hydrogens is 309 g/mol. The van der Waals surface area contributed by atoms with Crippen molar-refractivity contribution >= 4 is 17.4 Å². The van der Waals surface area contributed by atoms with Gasteiger partial charge in [0, 0.05) is 24.6 Å². The fourth-order valence-corrected chi connectivity index (χ4v) is 3.71. The number of para-hydroxylation sites is 1. The number of nitrogens with zero attached hydrogens (tertiary/aromatic N) is 2. The maximum absolute atomic E-state index is 14.0. The van der Waals surface area contributed by atoms with Crippen molar-refractivity contribution in [1.29, 1.82) is 0 Å². The predicted octanol–water partition coefficient (Wildman–Crippen LogP) is 1.66. The molecule has 126 valence electrons. The molecule has 2 unspecified atom stereocenters. The van der Waals surface area contributed by atoms with E-state index in [1.54, 1.807) is 12.1 Å². The lowest BCUT2D eigenvalue weighted by Crippen LogP contribution is -2.29. The van der Waals surface area contributed by atoms with Crippen LogP contribution in [0.25, 0.3) is 0 Å². The number of hydrogen-bond donors (Lipinski definition) is 3. The van der Waals surface area contributed by atoms with Gasteiger partial charge in [-0.3, -0.25) is 4.79 Å². The van der Waals surface area contributed by atoms with Gasteiger partial charge in [0.05, 0.1) is 17.3 Å². The van der Waals surface area contributed by atoms with Crippen molar-refractivity contribution in [3.8, 4) is 0 Å². The van der Waals surface area contributed by atoms with E-state index in [0.717, 1.165) is 24.1 Å². The zero-order valence-corrected chi connectivity index (χ0v) is 13.3. The molecule has 0 fully saturated rings. The summed E-state index contributed by atoms with van der Waals surface area (Å²) in [6.07, 6.45) is 2.81. The van der Waals surface area contributed by atoms with Crippen LogP contribution in [0.15, 0.2) is 18.2 Å². The van der Waals surface area contributed by atoms with Crippen molar-refractivity contribution in [2.75, 3.05) is 17.6 Å². The van der Waals surface area contributed by atoms with Crippen LogP contribution in [0.4, 0.5) is 15.9 Å². The van der Waals surface area contributed by atoms with Crippen molar-refractivity contribution in [1.82, 2.24) is 9.78 Å². The highest BCUT2D eigenvalue weighted by molar-refractivity contribution is 5.90. The second-order valence-electron chi connectivity index (χ2n) is 6.54. The number of fused-ring (bicyclic) bond motifs is 2. The van der Waals surface area contributed by atoms with E-state index < -0.39 is 5.92 Å². The van der Waals surface area contributed by atoms with Crippen LogP contribution in [-0.4, -0.2) is 28.3 Å². The molecule has 1 aliphatic heterocycles. The summed E-state index contributed by atoms with van der Waals surface area (Å²) < 4.78 is 15.3. The molecule has 1 aromatic heterocycles. The Morgan fingerprint density at radius 1 is 1.38 bits per heavy atom. The first kappa shape index (κ1) is 15.1. The zero-order valence-electron chi connectivity index (χ0n) is 13.3. The van der Waals surface area contributed by atoms with Gasteiger partial charge in [0.15, 0.2) is 0 Å². The number of anilines is 2. The molecular formula is C17H20FN5O. The lowest BCUT2D eigenvalue weighted by molar-refractivity contribution is 0.0859. The van der Waals surface area contributed by atoms with Gasteiger partial charge >= 0.3 is 0 Å². The molecule has 0 saturated carbocycles. The Morgan fingerprint density at radius 2 is 2.21 bits per heavy atom. The lowest BCUT2D eigenvalue weighted by atomic mass is 9.90. The summed E-state index contributed by atoms with van der Waals surface area (Å²) in [6.45, 7) is 0.538. The highest BCUT2D eigenvalue weighted by Gasteiger charge is 2.32. The highest BCUT2D eigenvalue weighted by Crippen LogP contribution is 2.35. The summed E-state index contributed by atoms with van der Waals surface area (Å²) in [6, 6.07) is 4.85. The maximum atomic E-state index is 14.0. The molecule has 0 bridgehead atoms. The molecule has 7 heteroatoms. The molecule has 2 atom stereocenters. The van der Waals surface area contributed by atoms with Crippen molar-refractivity contribution in [3.05, 3.63) is 40.8 Å². The Morgan fingerprint density at radius 3 is 3.04 bits per heavy atom. The molecule has 1 aromatic carbocycles. The monoisotopic (exact) mass is 329 g/mol. The van der Waals surface area contributed by atoms with Crippen molar-refractivity contribution in [2.45, 2.75) is 37.6 Å². The Kier molecular flexibility index (Phi) is 3.53. The summed E-state index contributed by atoms with van der Waals surface area (Å²) in [4.78, 5) is 13.0. The van der Waals surface area contributed by atoms with E-state index in [-0.39, 0.29) is 17.8 Å². The Hall–Kier alpha value is -2.41. The normalized spacial score (nSPS) is 22.4. The van der Waals surface area contributed by atoms with E-state index >= 15 is 0 Å². The molecule has 2 aliphatic rings. The third-order valence-corrected chi connectivity index (χ3v) is 4.99. The van der Waals surface area contributed by atoms with Gasteiger partial charge in [0.2, 0.25) is 0 Å². The number of halogens is 1. The zero-order chi connectivity index (χ0) is 16.8. The van der Waals surface area contributed by atoms with Crippen LogP contribution < -0.4 is 16.8 Å². The van der Waals surface area contributed by atoms with Crippen LogP contribution in [0.3, 0.4) is 0 Å². The van der Waals surface area contributed by atoms with E-state index in [2.05, 4.69) is 10.4 Å². The van der Waals surface area contributed by atoms with Crippen molar-refractivity contribution in [3.63, 3.8) is 0 Å². The van der Waals surface area contributed by atoms with Crippen LogP contribution >= 0.6 is 0 Å². The minimum Gasteiger partial charge on any atom is -0.383 e. The fourth-order valence-electron chi connectivity index (χ4n) is 3.71. The van der Waals surface area contributed by atoms with Gasteiger partial charge in [-0.15, -0.1) is 0 Å². The van der Waals surface area contributed by atoms with Crippen LogP contribution in [0.1, 0.15) is 40.4 Å². The summed E-state index contributed by atoms with van der Waals surface area (Å²) in [5, 5.41) is 7.45. The SMILES string of the molecule is Nc1c2c(nn1C(=O)C1CCNc3c(F)cccc31)CC(N)CC2. The number of carbonyl (C=O) groups excluding carboxylic acids is 1. The van der Waals surface area contributed by atoms with Gasteiger partial charge in [0.1, 0.15) is 11.6 Å². The van der Waals surface area contributed by atoms with E-state index in [1.807, 2.05) is 0 Å². The average Bonchev–Trinajstić information content (AvgIpc) is 2.90. The molecule has 2 heterocycles. The minimum absolute atomic E-state index is 0.0593. The molecule has 1 aliphatic carbocycles. The second kappa shape index (κ2) is 5.59. The Labute approximate surface area is 139 Å². The van der Waals surface area contributed by atoms with Crippen LogP contribution in [-0.2, 0) is 12.8 Å². The number of benzene rings is 1. The average molecular weight is 329 g/mol. The first-order valence-electron chi connectivity index (χ1n) is 8.24. The molecule has 0 radical (unpaired) electrons. The fraction of sp³-hybridized carbons (Fsp3) is 0.412. The molecule has 6 nitrogen and oxygen atoms in total. The topological polar surface area (TPSA) is 99.0 Å². The summed E-state index contributed by atoms with van der Waals surface area (Å²) in [5.74, 6) is -0.597. The van der Waals surface area contributed by atoms with Crippen molar-refractivity contribution in [2.24, 2.45) is 5.73 Å². The van der Waals surface area contributed by atoms with Crippen LogP contribution in [0.5, 0.6) is 0 Å².